The number of amides is 1. The van der Waals surface area contributed by atoms with Crippen LogP contribution in [0.5, 0.6) is 0 Å². The van der Waals surface area contributed by atoms with E-state index in [0.29, 0.717) is 13.0 Å². The summed E-state index contributed by atoms with van der Waals surface area (Å²) in [6.07, 6.45) is 13.1. The summed E-state index contributed by atoms with van der Waals surface area (Å²) < 4.78 is 0. The van der Waals surface area contributed by atoms with Crippen molar-refractivity contribution in [2.24, 2.45) is 5.73 Å². The van der Waals surface area contributed by atoms with Gasteiger partial charge >= 0.3 is 11.9 Å². The Labute approximate surface area is 175 Å². The van der Waals surface area contributed by atoms with Gasteiger partial charge in [-0.1, -0.05) is 71.1 Å². The summed E-state index contributed by atoms with van der Waals surface area (Å²) in [6.45, 7) is 2.69. The largest absolute Gasteiger partial charge is 0.481 e. The average Bonchev–Trinajstić information content (AvgIpc) is 2.69. The van der Waals surface area contributed by atoms with Crippen LogP contribution in [0, 0.1) is 0 Å². The van der Waals surface area contributed by atoms with Gasteiger partial charge in [0.2, 0.25) is 5.91 Å². The molecule has 1 atom stereocenters. The quantitative estimate of drug-likeness (QED) is 0.215. The third kappa shape index (κ3) is 24.3. The number of aliphatic carboxylic acids is 2. The van der Waals surface area contributed by atoms with Gasteiger partial charge in [0.15, 0.2) is 0 Å². The topological polar surface area (TPSA) is 150 Å². The first-order chi connectivity index (χ1) is 13.9. The third-order valence-electron chi connectivity index (χ3n) is 4.42. The Bertz CT molecular complexity index is 416. The first-order valence-corrected chi connectivity index (χ1v) is 10.9. The van der Waals surface area contributed by atoms with E-state index in [2.05, 4.69) is 12.2 Å². The summed E-state index contributed by atoms with van der Waals surface area (Å²) in [5, 5.41) is 27.7. The number of carbonyl (C=O) groups is 3. The second kappa shape index (κ2) is 22.6. The lowest BCUT2D eigenvalue weighted by atomic mass is 10.0. The highest BCUT2D eigenvalue weighted by molar-refractivity contribution is 5.83. The van der Waals surface area contributed by atoms with Crippen LogP contribution in [-0.2, 0) is 14.4 Å². The van der Waals surface area contributed by atoms with Gasteiger partial charge in [-0.3, -0.25) is 9.59 Å². The van der Waals surface area contributed by atoms with E-state index in [4.69, 9.17) is 21.1 Å². The number of rotatable bonds is 18. The molecule has 0 aromatic carbocycles. The number of unbranched alkanes of at least 4 members (excludes halogenated alkanes) is 10. The number of aliphatic hydroxyl groups excluding tert-OH is 1. The fourth-order valence-electron chi connectivity index (χ4n) is 2.74. The Morgan fingerprint density at radius 2 is 1.28 bits per heavy atom. The molecule has 0 saturated heterocycles. The van der Waals surface area contributed by atoms with Crippen molar-refractivity contribution in [2.45, 2.75) is 103 Å². The van der Waals surface area contributed by atoms with Crippen molar-refractivity contribution in [1.82, 2.24) is 5.32 Å². The molecule has 0 fully saturated rings. The van der Waals surface area contributed by atoms with Crippen LogP contribution in [-0.4, -0.2) is 52.4 Å². The van der Waals surface area contributed by atoms with Crippen molar-refractivity contribution in [3.05, 3.63) is 0 Å². The molecule has 0 spiro atoms. The van der Waals surface area contributed by atoms with E-state index in [1.807, 2.05) is 0 Å². The molecule has 29 heavy (non-hydrogen) atoms. The van der Waals surface area contributed by atoms with Gasteiger partial charge in [0, 0.05) is 19.4 Å². The minimum Gasteiger partial charge on any atom is -0.481 e. The molecular weight excluding hydrogens is 376 g/mol. The Morgan fingerprint density at radius 1 is 0.828 bits per heavy atom. The van der Waals surface area contributed by atoms with Crippen molar-refractivity contribution in [2.75, 3.05) is 13.2 Å². The van der Waals surface area contributed by atoms with Crippen molar-refractivity contribution >= 4 is 17.8 Å². The van der Waals surface area contributed by atoms with Gasteiger partial charge in [0.1, 0.15) is 6.04 Å². The Balaban J connectivity index is 0. The van der Waals surface area contributed by atoms with E-state index in [9.17, 15) is 14.4 Å². The lowest BCUT2D eigenvalue weighted by molar-refractivity contribution is -0.143. The number of aliphatic hydroxyl groups is 1. The zero-order chi connectivity index (χ0) is 22.3. The van der Waals surface area contributed by atoms with Gasteiger partial charge in [-0.2, -0.15) is 0 Å². The maximum atomic E-state index is 11.7. The van der Waals surface area contributed by atoms with Gasteiger partial charge in [0.05, 0.1) is 6.61 Å². The minimum atomic E-state index is -1.19. The molecule has 0 aromatic heterocycles. The third-order valence-corrected chi connectivity index (χ3v) is 4.42. The number of nitrogens with two attached hydrogens (primary N) is 1. The molecule has 0 aliphatic carbocycles. The van der Waals surface area contributed by atoms with E-state index >= 15 is 0 Å². The monoisotopic (exact) mass is 418 g/mol. The molecule has 0 rings (SSSR count). The van der Waals surface area contributed by atoms with Crippen molar-refractivity contribution in [1.29, 1.82) is 0 Å². The van der Waals surface area contributed by atoms with E-state index in [1.54, 1.807) is 0 Å². The van der Waals surface area contributed by atoms with Crippen LogP contribution in [0.25, 0.3) is 0 Å². The molecule has 8 heteroatoms. The molecule has 172 valence electrons. The van der Waals surface area contributed by atoms with E-state index in [0.717, 1.165) is 19.3 Å². The normalized spacial score (nSPS) is 11.3. The highest BCUT2D eigenvalue weighted by Gasteiger charge is 2.20. The Morgan fingerprint density at radius 3 is 1.66 bits per heavy atom. The summed E-state index contributed by atoms with van der Waals surface area (Å²) in [5.74, 6) is -2.56. The zero-order valence-corrected chi connectivity index (χ0v) is 18.0. The molecule has 0 heterocycles. The second-order valence-corrected chi connectivity index (χ2v) is 7.19. The lowest BCUT2D eigenvalue weighted by Crippen LogP contribution is -2.41. The van der Waals surface area contributed by atoms with Crippen LogP contribution < -0.4 is 11.1 Å². The van der Waals surface area contributed by atoms with Gasteiger partial charge in [-0.05, 0) is 12.8 Å². The highest BCUT2D eigenvalue weighted by Crippen LogP contribution is 2.12. The first-order valence-electron chi connectivity index (χ1n) is 10.9. The van der Waals surface area contributed by atoms with E-state index in [1.165, 1.54) is 51.4 Å². The number of nitrogens with one attached hydrogen (secondary N) is 1. The maximum Gasteiger partial charge on any atom is 0.326 e. The molecule has 0 saturated carbocycles. The molecule has 1 amide bonds. The number of carboxylic acids is 2. The van der Waals surface area contributed by atoms with Gasteiger partial charge in [0.25, 0.3) is 0 Å². The maximum absolute atomic E-state index is 11.7. The molecule has 6 N–H and O–H groups in total. The molecule has 0 aromatic rings. The summed E-state index contributed by atoms with van der Waals surface area (Å²) >= 11 is 0. The summed E-state index contributed by atoms with van der Waals surface area (Å²) in [5.41, 5.74) is 4.78. The average molecular weight is 419 g/mol. The predicted octanol–water partition coefficient (Wildman–Crippen LogP) is 3.06. The molecule has 0 unspecified atom stereocenters. The minimum absolute atomic E-state index is 0.0886. The van der Waals surface area contributed by atoms with E-state index in [-0.39, 0.29) is 25.4 Å². The fourth-order valence-corrected chi connectivity index (χ4v) is 2.74. The number of hydrogen-bond acceptors (Lipinski definition) is 5. The molecule has 8 nitrogen and oxygen atoms in total. The first kappa shape index (κ1) is 29.5. The molecular formula is C21H42N2O6. The Hall–Kier alpha value is -1.67. The van der Waals surface area contributed by atoms with Crippen LogP contribution in [0.1, 0.15) is 96.8 Å². The number of hydrogen-bond donors (Lipinski definition) is 5. The molecule has 0 bridgehead atoms. The second-order valence-electron chi connectivity index (χ2n) is 7.19. The molecule has 0 aliphatic heterocycles. The number of carboxylic acid groups (broad SMARTS) is 2. The van der Waals surface area contributed by atoms with E-state index < -0.39 is 18.0 Å². The van der Waals surface area contributed by atoms with Crippen molar-refractivity contribution in [3.63, 3.8) is 0 Å². The highest BCUT2D eigenvalue weighted by atomic mass is 16.4. The zero-order valence-electron chi connectivity index (χ0n) is 18.0. The van der Waals surface area contributed by atoms with Crippen molar-refractivity contribution in [3.8, 4) is 0 Å². The summed E-state index contributed by atoms with van der Waals surface area (Å²) in [4.78, 5) is 33.2. The van der Waals surface area contributed by atoms with Crippen LogP contribution in [0.15, 0.2) is 0 Å². The smallest absolute Gasteiger partial charge is 0.326 e. The van der Waals surface area contributed by atoms with Crippen LogP contribution in [0.2, 0.25) is 0 Å². The number of carbonyl (C=O) groups excluding carboxylic acids is 1. The van der Waals surface area contributed by atoms with Gasteiger partial charge < -0.3 is 26.4 Å². The van der Waals surface area contributed by atoms with Crippen LogP contribution >= 0.6 is 0 Å². The standard InChI is InChI=1S/C19H35NO5.C2H7NO/c1-2-3-4-5-6-7-8-9-10-11-12-13-17(21)20-16(19(24)25)14-15-18(22)23;3-1-2-4/h16H,2-15H2,1H3,(H,20,21)(H,22,23)(H,24,25);4H,1-3H2/t16-;/m0./s1. The Kier molecular flexibility index (Phi) is 23.0. The van der Waals surface area contributed by atoms with Crippen LogP contribution in [0.4, 0.5) is 0 Å². The van der Waals surface area contributed by atoms with Crippen molar-refractivity contribution < 1.29 is 29.7 Å². The molecule has 0 aliphatic rings. The lowest BCUT2D eigenvalue weighted by Gasteiger charge is -2.13. The predicted molar refractivity (Wildman–Crippen MR) is 114 cm³/mol. The fraction of sp³-hybridized carbons (Fsp3) is 0.857. The van der Waals surface area contributed by atoms with Gasteiger partial charge in [-0.25, -0.2) is 4.79 Å². The molecule has 0 radical (unpaired) electrons. The van der Waals surface area contributed by atoms with Crippen LogP contribution in [0.3, 0.4) is 0 Å². The summed E-state index contributed by atoms with van der Waals surface area (Å²) in [6, 6.07) is -1.11. The summed E-state index contributed by atoms with van der Waals surface area (Å²) in [7, 11) is 0. The SMILES string of the molecule is CCCCCCCCCCCCCC(=O)N[C@@H](CCC(=O)O)C(=O)O.NCCO. The van der Waals surface area contributed by atoms with Gasteiger partial charge in [-0.15, -0.1) is 0 Å².